The molecule has 0 amide bonds. The van der Waals surface area contributed by atoms with Gasteiger partial charge >= 0.3 is 0 Å². The van der Waals surface area contributed by atoms with Crippen molar-refractivity contribution in [2.75, 3.05) is 26.8 Å². The minimum absolute atomic E-state index is 0.140. The molecule has 1 aliphatic heterocycles. The third-order valence-corrected chi connectivity index (χ3v) is 5.51. The van der Waals surface area contributed by atoms with Crippen LogP contribution >= 0.6 is 0 Å². The molecule has 1 atom stereocenters. The minimum atomic E-state index is -0.140. The molecule has 0 radical (unpaired) electrons. The maximum Gasteiger partial charge on any atom is 0.251 e. The van der Waals surface area contributed by atoms with Crippen LogP contribution in [0.15, 0.2) is 53.5 Å². The van der Waals surface area contributed by atoms with E-state index < -0.39 is 0 Å². The molecule has 3 aromatic rings. The van der Waals surface area contributed by atoms with Gasteiger partial charge in [0.25, 0.3) is 5.56 Å². The third kappa shape index (κ3) is 5.11. The predicted octanol–water partition coefficient (Wildman–Crippen LogP) is 3.62. The molecule has 0 aliphatic carbocycles. The first-order valence-corrected chi connectivity index (χ1v) is 10.7. The average molecular weight is 421 g/mol. The number of pyridine rings is 1. The molecule has 1 N–H and O–H groups in total. The topological polar surface area (TPSA) is 80.3 Å². The lowest BCUT2D eigenvalue weighted by Crippen LogP contribution is -2.35. The molecular weight excluding hydrogens is 392 g/mol. The van der Waals surface area contributed by atoms with Crippen molar-refractivity contribution in [3.63, 3.8) is 0 Å². The van der Waals surface area contributed by atoms with E-state index in [2.05, 4.69) is 20.9 Å². The molecule has 1 aliphatic rings. The van der Waals surface area contributed by atoms with E-state index >= 15 is 0 Å². The van der Waals surface area contributed by atoms with E-state index in [4.69, 9.17) is 14.5 Å². The van der Waals surface area contributed by atoms with Crippen molar-refractivity contribution in [3.05, 3.63) is 70.4 Å². The second kappa shape index (κ2) is 9.75. The standard InChI is InChI=1S/C24H28N4O3/c1-3-31-21-10-9-17(13-22(21)30-2)15-28-12-6-7-18(16-28)24-26-20(14-23(29)27-24)19-8-4-5-11-25-19/h4-5,8-11,13-14,18H,3,6-7,12,15-16H2,1-2H3,(H,26,27,29). The normalized spacial score (nSPS) is 16.8. The molecule has 7 nitrogen and oxygen atoms in total. The number of hydrogen-bond donors (Lipinski definition) is 1. The zero-order valence-corrected chi connectivity index (χ0v) is 18.0. The average Bonchev–Trinajstić information content (AvgIpc) is 2.80. The number of methoxy groups -OCH3 is 1. The van der Waals surface area contributed by atoms with E-state index in [9.17, 15) is 4.79 Å². The predicted molar refractivity (Wildman–Crippen MR) is 120 cm³/mol. The molecule has 1 unspecified atom stereocenters. The summed E-state index contributed by atoms with van der Waals surface area (Å²) < 4.78 is 11.1. The van der Waals surface area contributed by atoms with Crippen LogP contribution in [0.1, 0.15) is 37.1 Å². The van der Waals surface area contributed by atoms with Crippen LogP contribution in [0, 0.1) is 0 Å². The summed E-state index contributed by atoms with van der Waals surface area (Å²) in [5, 5.41) is 0. The van der Waals surface area contributed by atoms with E-state index in [1.807, 2.05) is 37.3 Å². The highest BCUT2D eigenvalue weighted by Crippen LogP contribution is 2.30. The number of piperidine rings is 1. The van der Waals surface area contributed by atoms with E-state index in [0.29, 0.717) is 18.0 Å². The van der Waals surface area contributed by atoms with Gasteiger partial charge in [-0.15, -0.1) is 0 Å². The maximum absolute atomic E-state index is 12.3. The highest BCUT2D eigenvalue weighted by Gasteiger charge is 2.24. The molecule has 1 fully saturated rings. The number of nitrogens with zero attached hydrogens (tertiary/aromatic N) is 3. The van der Waals surface area contributed by atoms with Gasteiger partial charge < -0.3 is 14.5 Å². The Balaban J connectivity index is 1.50. The van der Waals surface area contributed by atoms with Crippen LogP contribution in [0.5, 0.6) is 11.5 Å². The summed E-state index contributed by atoms with van der Waals surface area (Å²) in [5.41, 5.74) is 2.36. The molecule has 0 spiro atoms. The summed E-state index contributed by atoms with van der Waals surface area (Å²) in [7, 11) is 1.66. The van der Waals surface area contributed by atoms with Gasteiger partial charge in [0.15, 0.2) is 11.5 Å². The Hall–Kier alpha value is -3.19. The number of benzene rings is 1. The van der Waals surface area contributed by atoms with Crippen molar-refractivity contribution < 1.29 is 9.47 Å². The number of nitrogens with one attached hydrogen (secondary N) is 1. The van der Waals surface area contributed by atoms with E-state index in [0.717, 1.165) is 49.8 Å². The van der Waals surface area contributed by atoms with E-state index in [-0.39, 0.29) is 11.5 Å². The van der Waals surface area contributed by atoms with Crippen molar-refractivity contribution in [1.29, 1.82) is 0 Å². The monoisotopic (exact) mass is 420 g/mol. The van der Waals surface area contributed by atoms with Crippen LogP contribution in [0.2, 0.25) is 0 Å². The van der Waals surface area contributed by atoms with Gasteiger partial charge in [-0.1, -0.05) is 12.1 Å². The molecule has 2 aromatic heterocycles. The zero-order valence-electron chi connectivity index (χ0n) is 18.0. The highest BCUT2D eigenvalue weighted by molar-refractivity contribution is 5.52. The minimum Gasteiger partial charge on any atom is -0.493 e. The molecule has 0 saturated carbocycles. The Morgan fingerprint density at radius 2 is 2.06 bits per heavy atom. The van der Waals surface area contributed by atoms with Gasteiger partial charge in [0, 0.05) is 31.3 Å². The largest absolute Gasteiger partial charge is 0.493 e. The first-order chi connectivity index (χ1) is 15.2. The van der Waals surface area contributed by atoms with Crippen molar-refractivity contribution in [2.24, 2.45) is 0 Å². The molecule has 1 aromatic carbocycles. The van der Waals surface area contributed by atoms with Crippen LogP contribution in [0.3, 0.4) is 0 Å². The van der Waals surface area contributed by atoms with Crippen molar-refractivity contribution >= 4 is 0 Å². The maximum atomic E-state index is 12.3. The smallest absolute Gasteiger partial charge is 0.251 e. The first kappa shape index (κ1) is 21.1. The molecule has 4 rings (SSSR count). The van der Waals surface area contributed by atoms with Gasteiger partial charge in [0.1, 0.15) is 5.82 Å². The Morgan fingerprint density at radius 1 is 1.16 bits per heavy atom. The van der Waals surface area contributed by atoms with Gasteiger partial charge in [0.2, 0.25) is 0 Å². The number of likely N-dealkylation sites (tertiary alicyclic amines) is 1. The fraction of sp³-hybridized carbons (Fsp3) is 0.375. The SMILES string of the molecule is CCOc1ccc(CN2CCCC(c3nc(-c4ccccn4)cc(=O)[nH]3)C2)cc1OC. The number of ether oxygens (including phenoxy) is 2. The van der Waals surface area contributed by atoms with Gasteiger partial charge in [-0.3, -0.25) is 14.7 Å². The van der Waals surface area contributed by atoms with Gasteiger partial charge in [0.05, 0.1) is 25.1 Å². The number of aromatic amines is 1. The lowest BCUT2D eigenvalue weighted by atomic mass is 9.96. The van der Waals surface area contributed by atoms with Crippen LogP contribution < -0.4 is 15.0 Å². The van der Waals surface area contributed by atoms with E-state index in [1.54, 1.807) is 13.3 Å². The molecule has 31 heavy (non-hydrogen) atoms. The summed E-state index contributed by atoms with van der Waals surface area (Å²) in [6.45, 7) is 5.22. The van der Waals surface area contributed by atoms with Gasteiger partial charge in [-0.05, 0) is 56.1 Å². The molecular formula is C24H28N4O3. The summed E-state index contributed by atoms with van der Waals surface area (Å²) >= 11 is 0. The fourth-order valence-corrected chi connectivity index (χ4v) is 4.08. The summed E-state index contributed by atoms with van der Waals surface area (Å²) in [4.78, 5) is 26.7. The van der Waals surface area contributed by atoms with Crippen molar-refractivity contribution in [2.45, 2.75) is 32.2 Å². The number of aromatic nitrogens is 3. The molecule has 162 valence electrons. The Bertz CT molecular complexity index is 1070. The molecule has 7 heteroatoms. The molecule has 3 heterocycles. The summed E-state index contributed by atoms with van der Waals surface area (Å²) in [6, 6.07) is 13.2. The quantitative estimate of drug-likeness (QED) is 0.629. The first-order valence-electron chi connectivity index (χ1n) is 10.7. The van der Waals surface area contributed by atoms with E-state index in [1.165, 1.54) is 11.6 Å². The van der Waals surface area contributed by atoms with Crippen molar-refractivity contribution in [1.82, 2.24) is 19.9 Å². The van der Waals surface area contributed by atoms with Crippen LogP contribution in [0.4, 0.5) is 0 Å². The second-order valence-electron chi connectivity index (χ2n) is 7.72. The number of hydrogen-bond acceptors (Lipinski definition) is 6. The number of rotatable bonds is 7. The fourth-order valence-electron chi connectivity index (χ4n) is 4.08. The lowest BCUT2D eigenvalue weighted by Gasteiger charge is -2.32. The zero-order chi connectivity index (χ0) is 21.6. The lowest BCUT2D eigenvalue weighted by molar-refractivity contribution is 0.196. The Morgan fingerprint density at radius 3 is 2.84 bits per heavy atom. The van der Waals surface area contributed by atoms with Crippen LogP contribution in [-0.4, -0.2) is 46.7 Å². The Kier molecular flexibility index (Phi) is 6.62. The van der Waals surface area contributed by atoms with Gasteiger partial charge in [-0.2, -0.15) is 0 Å². The summed E-state index contributed by atoms with van der Waals surface area (Å²) in [5.74, 6) is 2.43. The van der Waals surface area contributed by atoms with Gasteiger partial charge in [-0.25, -0.2) is 4.98 Å². The van der Waals surface area contributed by atoms with Crippen molar-refractivity contribution in [3.8, 4) is 22.9 Å². The summed E-state index contributed by atoms with van der Waals surface area (Å²) in [6.07, 6.45) is 3.76. The molecule has 0 bridgehead atoms. The van der Waals surface area contributed by atoms with Crippen LogP contribution in [-0.2, 0) is 6.54 Å². The van der Waals surface area contributed by atoms with Crippen LogP contribution in [0.25, 0.3) is 11.4 Å². The number of H-pyrrole nitrogens is 1. The molecule has 1 saturated heterocycles. The Labute approximate surface area is 182 Å². The second-order valence-corrected chi connectivity index (χ2v) is 7.72. The highest BCUT2D eigenvalue weighted by atomic mass is 16.5. The third-order valence-electron chi connectivity index (χ3n) is 5.51.